The fourth-order valence-electron chi connectivity index (χ4n) is 4.73. The number of aromatic nitrogens is 1. The van der Waals surface area contributed by atoms with E-state index in [0.717, 1.165) is 55.0 Å². The molecule has 2 aliphatic rings. The number of hydrogen-bond donors (Lipinski definition) is 1. The molecule has 1 amide bonds. The minimum Gasteiger partial charge on any atom is -0.339 e. The molecule has 6 heteroatoms. The van der Waals surface area contributed by atoms with E-state index in [2.05, 4.69) is 38.3 Å². The molecule has 5 rings (SSSR count). The lowest BCUT2D eigenvalue weighted by atomic mass is 9.85. The van der Waals surface area contributed by atoms with Crippen LogP contribution in [0.1, 0.15) is 18.5 Å². The summed E-state index contributed by atoms with van der Waals surface area (Å²) in [7, 11) is 0. The van der Waals surface area contributed by atoms with Gasteiger partial charge in [-0.25, -0.2) is 4.39 Å². The Labute approximate surface area is 181 Å². The molecule has 2 aromatic carbocycles. The lowest BCUT2D eigenvalue weighted by Gasteiger charge is -2.43. The monoisotopic (exact) mass is 416 g/mol. The predicted octanol–water partition coefficient (Wildman–Crippen LogP) is 3.82. The maximum atomic E-state index is 13.2. The highest BCUT2D eigenvalue weighted by molar-refractivity contribution is 5.93. The van der Waals surface area contributed by atoms with E-state index < -0.39 is 5.54 Å². The fraction of sp³-hybridized carbons (Fsp3) is 0.280. The summed E-state index contributed by atoms with van der Waals surface area (Å²) < 4.78 is 13.2. The third-order valence-electron chi connectivity index (χ3n) is 6.47. The normalized spacial score (nSPS) is 18.4. The number of para-hydroxylation sites is 1. The van der Waals surface area contributed by atoms with Gasteiger partial charge in [-0.05, 0) is 60.4 Å². The highest BCUT2D eigenvalue weighted by Gasteiger charge is 2.50. The molecule has 0 unspecified atom stereocenters. The Balaban J connectivity index is 1.28. The minimum absolute atomic E-state index is 0.132. The number of anilines is 1. The molecule has 2 saturated heterocycles. The Morgan fingerprint density at radius 2 is 1.71 bits per heavy atom. The quantitative estimate of drug-likeness (QED) is 0.703. The maximum absolute atomic E-state index is 13.2. The summed E-state index contributed by atoms with van der Waals surface area (Å²) in [4.78, 5) is 21.9. The van der Waals surface area contributed by atoms with Gasteiger partial charge in [0, 0.05) is 31.5 Å². The van der Waals surface area contributed by atoms with Crippen LogP contribution < -0.4 is 10.2 Å². The number of benzene rings is 2. The summed E-state index contributed by atoms with van der Waals surface area (Å²) in [5.74, 6) is -0.104. The summed E-state index contributed by atoms with van der Waals surface area (Å²) in [6, 6.07) is 20.7. The number of pyridine rings is 1. The van der Waals surface area contributed by atoms with Gasteiger partial charge in [-0.15, -0.1) is 0 Å². The molecule has 1 spiro atoms. The molecule has 0 radical (unpaired) electrons. The molecular weight excluding hydrogens is 391 g/mol. The molecular formula is C25H25FN4O. The number of carbonyl (C=O) groups excluding carboxylic acids is 1. The van der Waals surface area contributed by atoms with Crippen molar-refractivity contribution in [1.82, 2.24) is 15.2 Å². The van der Waals surface area contributed by atoms with Crippen LogP contribution >= 0.6 is 0 Å². The Kier molecular flexibility index (Phi) is 5.16. The first-order valence-corrected chi connectivity index (χ1v) is 10.7. The Morgan fingerprint density at radius 3 is 2.45 bits per heavy atom. The number of rotatable bonds is 4. The standard InChI is InChI=1S/C25H25FN4O/c26-21-8-6-19(7-9-21)20-10-13-27-22(16-20)17-29-14-11-25(12-15-29)24(31)28-18-30(25)23-4-2-1-3-5-23/h1-10,13,16H,11-12,14-15,17-18H2,(H,28,31). The van der Waals surface area contributed by atoms with E-state index in [4.69, 9.17) is 0 Å². The summed E-state index contributed by atoms with van der Waals surface area (Å²) >= 11 is 0. The molecule has 2 fully saturated rings. The third kappa shape index (κ3) is 3.79. The van der Waals surface area contributed by atoms with Gasteiger partial charge >= 0.3 is 0 Å². The van der Waals surface area contributed by atoms with Crippen molar-refractivity contribution < 1.29 is 9.18 Å². The molecule has 0 atom stereocenters. The highest BCUT2D eigenvalue weighted by Crippen LogP contribution is 2.36. The summed E-state index contributed by atoms with van der Waals surface area (Å²) in [5.41, 5.74) is 3.60. The second kappa shape index (κ2) is 8.12. The van der Waals surface area contributed by atoms with E-state index in [1.165, 1.54) is 12.1 Å². The SMILES string of the molecule is O=C1NCN(c2ccccc2)C12CCN(Cc1cc(-c3ccc(F)cc3)ccn1)CC2. The van der Waals surface area contributed by atoms with Gasteiger partial charge in [-0.1, -0.05) is 30.3 Å². The van der Waals surface area contributed by atoms with Crippen LogP contribution in [0.3, 0.4) is 0 Å². The van der Waals surface area contributed by atoms with Gasteiger partial charge in [0.15, 0.2) is 0 Å². The van der Waals surface area contributed by atoms with Crippen LogP contribution in [0.2, 0.25) is 0 Å². The van der Waals surface area contributed by atoms with Crippen LogP contribution in [-0.4, -0.2) is 41.1 Å². The molecule has 2 aliphatic heterocycles. The molecule has 0 bridgehead atoms. The predicted molar refractivity (Wildman–Crippen MR) is 119 cm³/mol. The molecule has 3 aromatic rings. The topological polar surface area (TPSA) is 48.5 Å². The molecule has 0 aliphatic carbocycles. The third-order valence-corrected chi connectivity index (χ3v) is 6.47. The van der Waals surface area contributed by atoms with Crippen molar-refractivity contribution in [3.63, 3.8) is 0 Å². The van der Waals surface area contributed by atoms with E-state index >= 15 is 0 Å². The highest BCUT2D eigenvalue weighted by atomic mass is 19.1. The zero-order valence-corrected chi connectivity index (χ0v) is 17.3. The van der Waals surface area contributed by atoms with Gasteiger partial charge in [0.2, 0.25) is 5.91 Å². The number of nitrogens with zero attached hydrogens (tertiary/aromatic N) is 3. The molecule has 0 saturated carbocycles. The van der Waals surface area contributed by atoms with E-state index in [1.54, 1.807) is 18.3 Å². The van der Waals surface area contributed by atoms with E-state index in [0.29, 0.717) is 6.67 Å². The number of carbonyl (C=O) groups is 1. The first kappa shape index (κ1) is 19.7. The van der Waals surface area contributed by atoms with Crippen LogP contribution in [0, 0.1) is 5.82 Å². The minimum atomic E-state index is -0.471. The molecule has 1 aromatic heterocycles. The zero-order valence-electron chi connectivity index (χ0n) is 17.3. The van der Waals surface area contributed by atoms with Crippen LogP contribution in [-0.2, 0) is 11.3 Å². The fourth-order valence-corrected chi connectivity index (χ4v) is 4.73. The summed E-state index contributed by atoms with van der Waals surface area (Å²) in [6.07, 6.45) is 3.37. The Morgan fingerprint density at radius 1 is 0.968 bits per heavy atom. The zero-order chi connectivity index (χ0) is 21.3. The number of amides is 1. The van der Waals surface area contributed by atoms with E-state index in [9.17, 15) is 9.18 Å². The van der Waals surface area contributed by atoms with Gasteiger partial charge in [0.1, 0.15) is 11.4 Å². The van der Waals surface area contributed by atoms with Gasteiger partial charge in [0.05, 0.1) is 12.4 Å². The molecule has 31 heavy (non-hydrogen) atoms. The molecule has 3 heterocycles. The van der Waals surface area contributed by atoms with Crippen LogP contribution in [0.5, 0.6) is 0 Å². The van der Waals surface area contributed by atoms with Gasteiger partial charge in [-0.2, -0.15) is 0 Å². The Bertz CT molecular complexity index is 1060. The van der Waals surface area contributed by atoms with E-state index in [1.807, 2.05) is 24.3 Å². The maximum Gasteiger partial charge on any atom is 0.247 e. The average molecular weight is 417 g/mol. The lowest BCUT2D eigenvalue weighted by molar-refractivity contribution is -0.125. The number of halogens is 1. The largest absolute Gasteiger partial charge is 0.339 e. The second-order valence-electron chi connectivity index (χ2n) is 8.28. The van der Waals surface area contributed by atoms with Crippen molar-refractivity contribution in [3.05, 3.63) is 84.4 Å². The molecule has 158 valence electrons. The van der Waals surface area contributed by atoms with Crippen molar-refractivity contribution in [2.24, 2.45) is 0 Å². The van der Waals surface area contributed by atoms with Crippen molar-refractivity contribution in [3.8, 4) is 11.1 Å². The number of hydrogen-bond acceptors (Lipinski definition) is 4. The summed E-state index contributed by atoms with van der Waals surface area (Å²) in [6.45, 7) is 2.96. The van der Waals surface area contributed by atoms with Crippen LogP contribution in [0.15, 0.2) is 72.9 Å². The first-order chi connectivity index (χ1) is 15.1. The average Bonchev–Trinajstić information content (AvgIpc) is 3.12. The van der Waals surface area contributed by atoms with Crippen molar-refractivity contribution >= 4 is 11.6 Å². The number of likely N-dealkylation sites (tertiary alicyclic amines) is 1. The number of piperidine rings is 1. The van der Waals surface area contributed by atoms with E-state index in [-0.39, 0.29) is 11.7 Å². The second-order valence-corrected chi connectivity index (χ2v) is 8.28. The lowest BCUT2D eigenvalue weighted by Crippen LogP contribution is -2.56. The number of nitrogens with one attached hydrogen (secondary N) is 1. The van der Waals surface area contributed by atoms with Crippen molar-refractivity contribution in [1.29, 1.82) is 0 Å². The summed E-state index contributed by atoms with van der Waals surface area (Å²) in [5, 5.41) is 3.05. The Hall–Kier alpha value is -3.25. The van der Waals surface area contributed by atoms with Crippen LogP contribution in [0.25, 0.3) is 11.1 Å². The molecule has 5 nitrogen and oxygen atoms in total. The van der Waals surface area contributed by atoms with Crippen LogP contribution in [0.4, 0.5) is 10.1 Å². The van der Waals surface area contributed by atoms with Crippen molar-refractivity contribution in [2.45, 2.75) is 24.9 Å². The first-order valence-electron chi connectivity index (χ1n) is 10.7. The van der Waals surface area contributed by atoms with Gasteiger partial charge in [-0.3, -0.25) is 14.7 Å². The van der Waals surface area contributed by atoms with Gasteiger partial charge < -0.3 is 10.2 Å². The smallest absolute Gasteiger partial charge is 0.247 e. The molecule has 1 N–H and O–H groups in total. The van der Waals surface area contributed by atoms with Crippen molar-refractivity contribution in [2.75, 3.05) is 24.7 Å². The van der Waals surface area contributed by atoms with Gasteiger partial charge in [0.25, 0.3) is 0 Å².